The molecular weight excluding hydrogens is 260 g/mol. The Kier molecular flexibility index (Phi) is 4.77. The van der Waals surface area contributed by atoms with E-state index in [2.05, 4.69) is 17.1 Å². The van der Waals surface area contributed by atoms with Crippen molar-refractivity contribution < 1.29 is 5.11 Å². The molecule has 3 nitrogen and oxygen atoms in total. The van der Waals surface area contributed by atoms with Gasteiger partial charge in [-0.05, 0) is 23.6 Å². The number of aromatic nitrogens is 1. The van der Waals surface area contributed by atoms with E-state index in [1.54, 1.807) is 12.3 Å². The van der Waals surface area contributed by atoms with Crippen molar-refractivity contribution in [3.63, 3.8) is 0 Å². The Morgan fingerprint density at radius 3 is 2.58 bits per heavy atom. The zero-order valence-electron chi connectivity index (χ0n) is 10.9. The number of aliphatic hydroxyl groups is 1. The molecule has 0 amide bonds. The maximum atomic E-state index is 9.03. The van der Waals surface area contributed by atoms with Crippen LogP contribution in [0.15, 0.2) is 42.6 Å². The molecule has 1 aromatic heterocycles. The molecule has 1 N–H and O–H groups in total. The Morgan fingerprint density at radius 1 is 1.21 bits per heavy atom. The third-order valence-electron chi connectivity index (χ3n) is 3.00. The van der Waals surface area contributed by atoms with Crippen molar-refractivity contribution >= 4 is 17.4 Å². The first-order valence-electron chi connectivity index (χ1n) is 6.21. The third kappa shape index (κ3) is 3.69. The maximum Gasteiger partial charge on any atom is 0.147 e. The molecule has 0 saturated heterocycles. The van der Waals surface area contributed by atoms with Gasteiger partial charge in [0.15, 0.2) is 0 Å². The van der Waals surface area contributed by atoms with Gasteiger partial charge in [0.1, 0.15) is 5.82 Å². The van der Waals surface area contributed by atoms with Gasteiger partial charge >= 0.3 is 0 Å². The smallest absolute Gasteiger partial charge is 0.147 e. The standard InChI is InChI=1S/C15H17ClN2O/c1-18(8-7-12-5-3-2-4-6-12)15-14(16)9-13(11-19)10-17-15/h2-6,9-10,19H,7-8,11H2,1H3. The minimum absolute atomic E-state index is 0.0409. The van der Waals surface area contributed by atoms with Gasteiger partial charge in [0.25, 0.3) is 0 Å². The molecule has 1 aromatic carbocycles. The number of hydrogen-bond acceptors (Lipinski definition) is 3. The first kappa shape index (κ1) is 13.8. The van der Waals surface area contributed by atoms with Crippen LogP contribution in [-0.2, 0) is 13.0 Å². The van der Waals surface area contributed by atoms with Crippen LogP contribution >= 0.6 is 11.6 Å². The molecule has 100 valence electrons. The fourth-order valence-corrected chi connectivity index (χ4v) is 2.22. The quantitative estimate of drug-likeness (QED) is 0.912. The lowest BCUT2D eigenvalue weighted by molar-refractivity contribution is 0.281. The maximum absolute atomic E-state index is 9.03. The van der Waals surface area contributed by atoms with Crippen LogP contribution in [0, 0.1) is 0 Å². The highest BCUT2D eigenvalue weighted by Crippen LogP contribution is 2.23. The fourth-order valence-electron chi connectivity index (χ4n) is 1.89. The van der Waals surface area contributed by atoms with E-state index in [4.69, 9.17) is 16.7 Å². The van der Waals surface area contributed by atoms with Crippen molar-refractivity contribution in [2.45, 2.75) is 13.0 Å². The summed E-state index contributed by atoms with van der Waals surface area (Å²) >= 11 is 6.17. The molecule has 19 heavy (non-hydrogen) atoms. The average Bonchev–Trinajstić information content (AvgIpc) is 2.45. The Labute approximate surface area is 118 Å². The molecule has 0 spiro atoms. The molecular formula is C15H17ClN2O. The topological polar surface area (TPSA) is 36.4 Å². The lowest BCUT2D eigenvalue weighted by Gasteiger charge is -2.19. The number of hydrogen-bond donors (Lipinski definition) is 1. The Morgan fingerprint density at radius 2 is 1.95 bits per heavy atom. The second-order valence-electron chi connectivity index (χ2n) is 4.46. The first-order chi connectivity index (χ1) is 9.20. The number of benzene rings is 1. The summed E-state index contributed by atoms with van der Waals surface area (Å²) in [7, 11) is 1.97. The predicted molar refractivity (Wildman–Crippen MR) is 78.6 cm³/mol. The van der Waals surface area contributed by atoms with Crippen molar-refractivity contribution in [2.75, 3.05) is 18.5 Å². The van der Waals surface area contributed by atoms with Crippen molar-refractivity contribution in [1.82, 2.24) is 4.98 Å². The number of nitrogens with zero attached hydrogens (tertiary/aromatic N) is 2. The third-order valence-corrected chi connectivity index (χ3v) is 3.28. The fraction of sp³-hybridized carbons (Fsp3) is 0.267. The number of halogens is 1. The molecule has 4 heteroatoms. The summed E-state index contributed by atoms with van der Waals surface area (Å²) in [6, 6.07) is 12.1. The summed E-state index contributed by atoms with van der Waals surface area (Å²) in [6.45, 7) is 0.802. The van der Waals surface area contributed by atoms with Gasteiger partial charge in [-0.3, -0.25) is 0 Å². The molecule has 0 aliphatic carbocycles. The molecule has 1 heterocycles. The zero-order chi connectivity index (χ0) is 13.7. The summed E-state index contributed by atoms with van der Waals surface area (Å²) in [6.07, 6.45) is 2.59. The summed E-state index contributed by atoms with van der Waals surface area (Å²) in [5.41, 5.74) is 2.02. The lowest BCUT2D eigenvalue weighted by Crippen LogP contribution is -2.21. The van der Waals surface area contributed by atoms with Crippen molar-refractivity contribution in [3.8, 4) is 0 Å². The summed E-state index contributed by atoms with van der Waals surface area (Å²) < 4.78 is 0. The van der Waals surface area contributed by atoms with Gasteiger partial charge < -0.3 is 10.0 Å². The van der Waals surface area contributed by atoms with Crippen LogP contribution in [0.4, 0.5) is 5.82 Å². The molecule has 0 atom stereocenters. The summed E-state index contributed by atoms with van der Waals surface area (Å²) in [5.74, 6) is 0.745. The van der Waals surface area contributed by atoms with E-state index < -0.39 is 0 Å². The van der Waals surface area contributed by atoms with Crippen LogP contribution < -0.4 is 4.90 Å². The lowest BCUT2D eigenvalue weighted by atomic mass is 10.1. The molecule has 0 aliphatic rings. The molecule has 0 bridgehead atoms. The highest BCUT2D eigenvalue weighted by atomic mass is 35.5. The SMILES string of the molecule is CN(CCc1ccccc1)c1ncc(CO)cc1Cl. The molecule has 0 fully saturated rings. The zero-order valence-corrected chi connectivity index (χ0v) is 11.6. The van der Waals surface area contributed by atoms with E-state index in [0.717, 1.165) is 24.3 Å². The number of aliphatic hydroxyl groups excluding tert-OH is 1. The normalized spacial score (nSPS) is 10.5. The van der Waals surface area contributed by atoms with Gasteiger partial charge in [-0.1, -0.05) is 41.9 Å². The number of anilines is 1. The van der Waals surface area contributed by atoms with Crippen molar-refractivity contribution in [3.05, 3.63) is 58.7 Å². The highest BCUT2D eigenvalue weighted by molar-refractivity contribution is 6.33. The van der Waals surface area contributed by atoms with E-state index in [1.807, 2.05) is 30.1 Å². The van der Waals surface area contributed by atoms with Crippen LogP contribution in [0.5, 0.6) is 0 Å². The van der Waals surface area contributed by atoms with Crippen LogP contribution in [0.3, 0.4) is 0 Å². The second-order valence-corrected chi connectivity index (χ2v) is 4.87. The van der Waals surface area contributed by atoms with Gasteiger partial charge in [-0.2, -0.15) is 0 Å². The van der Waals surface area contributed by atoms with Gasteiger partial charge in [0.05, 0.1) is 11.6 Å². The molecule has 0 aliphatic heterocycles. The van der Waals surface area contributed by atoms with Crippen molar-refractivity contribution in [1.29, 1.82) is 0 Å². The van der Waals surface area contributed by atoms with Gasteiger partial charge in [-0.25, -0.2) is 4.98 Å². The molecule has 2 rings (SSSR count). The second kappa shape index (κ2) is 6.55. The molecule has 0 saturated carbocycles. The Bertz CT molecular complexity index is 531. The van der Waals surface area contributed by atoms with Gasteiger partial charge in [0, 0.05) is 19.8 Å². The summed E-state index contributed by atoms with van der Waals surface area (Å²) in [5, 5.41) is 9.60. The Hall–Kier alpha value is -1.58. The average molecular weight is 277 g/mol. The van der Waals surface area contributed by atoms with E-state index >= 15 is 0 Å². The largest absolute Gasteiger partial charge is 0.392 e. The van der Waals surface area contributed by atoms with Crippen LogP contribution in [0.1, 0.15) is 11.1 Å². The van der Waals surface area contributed by atoms with Crippen LogP contribution in [0.2, 0.25) is 5.02 Å². The molecule has 2 aromatic rings. The van der Waals surface area contributed by atoms with E-state index in [1.165, 1.54) is 5.56 Å². The number of pyridine rings is 1. The van der Waals surface area contributed by atoms with E-state index in [-0.39, 0.29) is 6.61 Å². The highest BCUT2D eigenvalue weighted by Gasteiger charge is 2.08. The monoisotopic (exact) mass is 276 g/mol. The Balaban J connectivity index is 2.02. The van der Waals surface area contributed by atoms with Crippen molar-refractivity contribution in [2.24, 2.45) is 0 Å². The number of rotatable bonds is 5. The minimum Gasteiger partial charge on any atom is -0.392 e. The predicted octanol–water partition coefficient (Wildman–Crippen LogP) is 2.91. The van der Waals surface area contributed by atoms with Crippen LogP contribution in [0.25, 0.3) is 0 Å². The summed E-state index contributed by atoms with van der Waals surface area (Å²) in [4.78, 5) is 6.32. The minimum atomic E-state index is -0.0409. The van der Waals surface area contributed by atoms with E-state index in [9.17, 15) is 0 Å². The van der Waals surface area contributed by atoms with E-state index in [0.29, 0.717) is 5.02 Å². The molecule has 0 radical (unpaired) electrons. The van der Waals surface area contributed by atoms with Crippen LogP contribution in [-0.4, -0.2) is 23.7 Å². The molecule has 0 unspecified atom stereocenters. The first-order valence-corrected chi connectivity index (χ1v) is 6.59. The number of likely N-dealkylation sites (N-methyl/N-ethyl adjacent to an activating group) is 1. The van der Waals surface area contributed by atoms with Gasteiger partial charge in [0.2, 0.25) is 0 Å². The van der Waals surface area contributed by atoms with Gasteiger partial charge in [-0.15, -0.1) is 0 Å².